The number of aromatic nitrogens is 3. The Hall–Kier alpha value is -2.89. The zero-order valence-electron chi connectivity index (χ0n) is 11.5. The van der Waals surface area contributed by atoms with Crippen molar-refractivity contribution < 1.29 is 4.79 Å². The van der Waals surface area contributed by atoms with Crippen molar-refractivity contribution in [2.24, 2.45) is 0 Å². The molecule has 0 aliphatic rings. The molecule has 0 spiro atoms. The summed E-state index contributed by atoms with van der Waals surface area (Å²) in [6.07, 6.45) is -0.418. The Labute approximate surface area is 121 Å². The Bertz CT molecular complexity index is 753. The molecular weight excluding hydrogens is 266 g/mol. The lowest BCUT2D eigenvalue weighted by molar-refractivity contribution is 0.236. The van der Waals surface area contributed by atoms with E-state index in [4.69, 9.17) is 0 Å². The normalized spacial score (nSPS) is 12.0. The van der Waals surface area contributed by atoms with E-state index in [1.165, 1.54) is 0 Å². The summed E-state index contributed by atoms with van der Waals surface area (Å²) in [7, 11) is 1.58. The minimum Gasteiger partial charge on any atom is -0.341 e. The summed E-state index contributed by atoms with van der Waals surface area (Å²) < 4.78 is 1.71. The van der Waals surface area contributed by atoms with Crippen molar-refractivity contribution in [2.45, 2.75) is 6.17 Å². The molecule has 0 bridgehead atoms. The minimum atomic E-state index is -0.418. The first-order valence-corrected chi connectivity index (χ1v) is 6.62. The van der Waals surface area contributed by atoms with Gasteiger partial charge in [0.25, 0.3) is 0 Å². The molecule has 2 N–H and O–H groups in total. The highest BCUT2D eigenvalue weighted by atomic mass is 16.2. The number of rotatable bonds is 3. The van der Waals surface area contributed by atoms with Crippen molar-refractivity contribution in [2.75, 3.05) is 7.05 Å². The standard InChI is InChI=1S/C15H15N5O/c1-16-15(21)17-14(11-7-3-2-4-8-11)20-13-10-6-5-9-12(13)18-19-20/h2-10,14H,1H3,(H2,16,17,21). The number of urea groups is 1. The molecule has 106 valence electrons. The van der Waals surface area contributed by atoms with Gasteiger partial charge in [-0.1, -0.05) is 47.7 Å². The molecule has 3 rings (SSSR count). The summed E-state index contributed by atoms with van der Waals surface area (Å²) in [5, 5.41) is 13.8. The lowest BCUT2D eigenvalue weighted by Gasteiger charge is -2.19. The molecule has 21 heavy (non-hydrogen) atoms. The van der Waals surface area contributed by atoms with Crippen LogP contribution < -0.4 is 10.6 Å². The first-order chi connectivity index (χ1) is 10.3. The second-order valence-corrected chi connectivity index (χ2v) is 4.56. The smallest absolute Gasteiger partial charge is 0.316 e. The molecule has 1 unspecified atom stereocenters. The van der Waals surface area contributed by atoms with Gasteiger partial charge in [-0.3, -0.25) is 0 Å². The quantitative estimate of drug-likeness (QED) is 0.770. The number of para-hydroxylation sites is 1. The Kier molecular flexibility index (Phi) is 3.51. The first kappa shape index (κ1) is 13.1. The van der Waals surface area contributed by atoms with E-state index in [1.807, 2.05) is 54.6 Å². The molecule has 0 fully saturated rings. The highest BCUT2D eigenvalue weighted by molar-refractivity contribution is 5.76. The van der Waals surface area contributed by atoms with Gasteiger partial charge in [0.1, 0.15) is 5.52 Å². The Morgan fingerprint density at radius 2 is 1.81 bits per heavy atom. The number of nitrogens with zero attached hydrogens (tertiary/aromatic N) is 3. The van der Waals surface area contributed by atoms with E-state index < -0.39 is 6.17 Å². The minimum absolute atomic E-state index is 0.275. The van der Waals surface area contributed by atoms with Crippen LogP contribution in [0.25, 0.3) is 11.0 Å². The fraction of sp³-hybridized carbons (Fsp3) is 0.133. The third-order valence-electron chi connectivity index (χ3n) is 3.23. The summed E-state index contributed by atoms with van der Waals surface area (Å²) in [6, 6.07) is 17.0. The van der Waals surface area contributed by atoms with Crippen LogP contribution in [0.4, 0.5) is 4.79 Å². The molecule has 0 radical (unpaired) electrons. The highest BCUT2D eigenvalue weighted by Gasteiger charge is 2.19. The predicted molar refractivity (Wildman–Crippen MR) is 79.7 cm³/mol. The van der Waals surface area contributed by atoms with Gasteiger partial charge in [0.2, 0.25) is 0 Å². The van der Waals surface area contributed by atoms with E-state index in [0.717, 1.165) is 16.6 Å². The van der Waals surface area contributed by atoms with Crippen LogP contribution >= 0.6 is 0 Å². The molecule has 6 nitrogen and oxygen atoms in total. The molecule has 0 saturated heterocycles. The zero-order chi connectivity index (χ0) is 14.7. The van der Waals surface area contributed by atoms with E-state index in [2.05, 4.69) is 20.9 Å². The number of nitrogens with one attached hydrogen (secondary N) is 2. The molecule has 0 aliphatic heterocycles. The highest BCUT2D eigenvalue weighted by Crippen LogP contribution is 2.19. The van der Waals surface area contributed by atoms with Crippen LogP contribution in [0.3, 0.4) is 0 Å². The number of hydrogen-bond acceptors (Lipinski definition) is 3. The largest absolute Gasteiger partial charge is 0.341 e. The summed E-state index contributed by atoms with van der Waals surface area (Å²) >= 11 is 0. The topological polar surface area (TPSA) is 71.8 Å². The average Bonchev–Trinajstić information content (AvgIpc) is 2.97. The van der Waals surface area contributed by atoms with Gasteiger partial charge >= 0.3 is 6.03 Å². The molecule has 0 aliphatic carbocycles. The summed E-state index contributed by atoms with van der Waals surface area (Å²) in [4.78, 5) is 11.7. The van der Waals surface area contributed by atoms with Crippen LogP contribution in [0.1, 0.15) is 11.7 Å². The van der Waals surface area contributed by atoms with E-state index in [9.17, 15) is 4.79 Å². The van der Waals surface area contributed by atoms with Gasteiger partial charge in [0.05, 0.1) is 5.52 Å². The number of carbonyl (C=O) groups excluding carboxylic acids is 1. The van der Waals surface area contributed by atoms with Crippen molar-refractivity contribution in [3.63, 3.8) is 0 Å². The van der Waals surface area contributed by atoms with Crippen LogP contribution in [0, 0.1) is 0 Å². The van der Waals surface area contributed by atoms with Crippen LogP contribution in [0.15, 0.2) is 54.6 Å². The van der Waals surface area contributed by atoms with Gasteiger partial charge < -0.3 is 10.6 Å². The number of fused-ring (bicyclic) bond motifs is 1. The Morgan fingerprint density at radius 1 is 1.10 bits per heavy atom. The van der Waals surface area contributed by atoms with Crippen LogP contribution in [-0.4, -0.2) is 28.1 Å². The Morgan fingerprint density at radius 3 is 2.57 bits per heavy atom. The summed E-state index contributed by atoms with van der Waals surface area (Å²) in [5.41, 5.74) is 2.58. The lowest BCUT2D eigenvalue weighted by Crippen LogP contribution is -2.39. The number of hydrogen-bond donors (Lipinski definition) is 2. The van der Waals surface area contributed by atoms with Gasteiger partial charge in [0, 0.05) is 7.05 Å². The summed E-state index contributed by atoms with van der Waals surface area (Å²) in [5.74, 6) is 0. The van der Waals surface area contributed by atoms with Crippen molar-refractivity contribution >= 4 is 17.1 Å². The number of amides is 2. The lowest BCUT2D eigenvalue weighted by atomic mass is 10.1. The fourth-order valence-electron chi connectivity index (χ4n) is 2.20. The van der Waals surface area contributed by atoms with E-state index >= 15 is 0 Å². The molecule has 6 heteroatoms. The molecular formula is C15H15N5O. The molecule has 0 saturated carbocycles. The van der Waals surface area contributed by atoms with Crippen molar-refractivity contribution in [3.8, 4) is 0 Å². The molecule has 1 aromatic heterocycles. The molecule has 1 atom stereocenters. The third kappa shape index (κ3) is 2.55. The average molecular weight is 281 g/mol. The second-order valence-electron chi connectivity index (χ2n) is 4.56. The summed E-state index contributed by atoms with van der Waals surface area (Å²) in [6.45, 7) is 0. The van der Waals surface area contributed by atoms with Crippen LogP contribution in [-0.2, 0) is 0 Å². The monoisotopic (exact) mass is 281 g/mol. The maximum Gasteiger partial charge on any atom is 0.316 e. The van der Waals surface area contributed by atoms with Gasteiger partial charge in [-0.25, -0.2) is 9.48 Å². The Balaban J connectivity index is 2.08. The van der Waals surface area contributed by atoms with Crippen LogP contribution in [0.2, 0.25) is 0 Å². The van der Waals surface area contributed by atoms with E-state index in [-0.39, 0.29) is 6.03 Å². The molecule has 2 aromatic carbocycles. The van der Waals surface area contributed by atoms with E-state index in [1.54, 1.807) is 11.7 Å². The molecule has 1 heterocycles. The second kappa shape index (κ2) is 5.62. The predicted octanol–water partition coefficient (Wildman–Crippen LogP) is 1.91. The van der Waals surface area contributed by atoms with Crippen LogP contribution in [0.5, 0.6) is 0 Å². The van der Waals surface area contributed by atoms with Crippen molar-refractivity contribution in [3.05, 3.63) is 60.2 Å². The SMILES string of the molecule is CNC(=O)NC(c1ccccc1)n1nnc2ccccc21. The maximum atomic E-state index is 11.7. The van der Waals surface area contributed by atoms with Gasteiger partial charge in [-0.15, -0.1) is 5.10 Å². The van der Waals surface area contributed by atoms with Gasteiger partial charge in [-0.2, -0.15) is 0 Å². The maximum absolute atomic E-state index is 11.7. The fourth-order valence-corrected chi connectivity index (χ4v) is 2.20. The zero-order valence-corrected chi connectivity index (χ0v) is 11.5. The van der Waals surface area contributed by atoms with E-state index in [0.29, 0.717) is 0 Å². The number of benzene rings is 2. The molecule has 3 aromatic rings. The first-order valence-electron chi connectivity index (χ1n) is 6.62. The third-order valence-corrected chi connectivity index (χ3v) is 3.23. The molecule has 2 amide bonds. The van der Waals surface area contributed by atoms with Crippen molar-refractivity contribution in [1.29, 1.82) is 0 Å². The van der Waals surface area contributed by atoms with Gasteiger partial charge in [0.15, 0.2) is 6.17 Å². The van der Waals surface area contributed by atoms with Gasteiger partial charge in [-0.05, 0) is 17.7 Å². The number of carbonyl (C=O) groups is 1. The van der Waals surface area contributed by atoms with Crippen molar-refractivity contribution in [1.82, 2.24) is 25.6 Å².